The standard InChI is InChI=1S/C17H26N2O3S/c20-16(14-9-19(10-14)23(21,22)15-1-2-15)18-17-6-11-3-12(7-17)5-13(4-11)8-17/h11-15H,1-10H2,(H,18,20). The number of rotatable bonds is 4. The number of hydrogen-bond acceptors (Lipinski definition) is 3. The van der Waals surface area contributed by atoms with Crippen molar-refractivity contribution in [1.29, 1.82) is 0 Å². The van der Waals surface area contributed by atoms with Gasteiger partial charge in [0.15, 0.2) is 0 Å². The fraction of sp³-hybridized carbons (Fsp3) is 0.941. The first-order valence-corrected chi connectivity index (χ1v) is 10.7. The number of carbonyl (C=O) groups excluding carboxylic acids is 1. The van der Waals surface area contributed by atoms with Crippen molar-refractivity contribution in [2.75, 3.05) is 13.1 Å². The molecule has 1 amide bonds. The van der Waals surface area contributed by atoms with Crippen molar-refractivity contribution >= 4 is 15.9 Å². The van der Waals surface area contributed by atoms with Crippen LogP contribution in [0, 0.1) is 23.7 Å². The van der Waals surface area contributed by atoms with Gasteiger partial charge >= 0.3 is 0 Å². The third kappa shape index (κ3) is 2.36. The van der Waals surface area contributed by atoms with Crippen LogP contribution in [0.4, 0.5) is 0 Å². The number of hydrogen-bond donors (Lipinski definition) is 1. The van der Waals surface area contributed by atoms with Crippen molar-refractivity contribution in [2.45, 2.75) is 62.2 Å². The van der Waals surface area contributed by atoms with E-state index in [1.165, 1.54) is 23.6 Å². The Labute approximate surface area is 138 Å². The molecular formula is C17H26N2O3S. The summed E-state index contributed by atoms with van der Waals surface area (Å²) in [5.74, 6) is 2.42. The third-order valence-electron chi connectivity index (χ3n) is 6.95. The van der Waals surface area contributed by atoms with Gasteiger partial charge in [0, 0.05) is 18.6 Å². The Kier molecular flexibility index (Phi) is 3.02. The van der Waals surface area contributed by atoms with E-state index in [2.05, 4.69) is 5.32 Å². The van der Waals surface area contributed by atoms with E-state index in [0.717, 1.165) is 49.9 Å². The molecule has 4 bridgehead atoms. The molecule has 1 aliphatic heterocycles. The second-order valence-electron chi connectivity index (χ2n) is 8.95. The van der Waals surface area contributed by atoms with E-state index in [1.807, 2.05) is 0 Å². The summed E-state index contributed by atoms with van der Waals surface area (Å²) < 4.78 is 25.8. The molecule has 1 heterocycles. The molecule has 0 aromatic rings. The predicted molar refractivity (Wildman–Crippen MR) is 86.1 cm³/mol. The number of sulfonamides is 1. The van der Waals surface area contributed by atoms with Crippen molar-refractivity contribution in [3.05, 3.63) is 0 Å². The first-order chi connectivity index (χ1) is 10.9. The Hall–Kier alpha value is -0.620. The molecule has 0 radical (unpaired) electrons. The normalized spacial score (nSPS) is 43.4. The van der Waals surface area contributed by atoms with Crippen LogP contribution >= 0.6 is 0 Å². The lowest BCUT2D eigenvalue weighted by Gasteiger charge is -2.57. The van der Waals surface area contributed by atoms with Gasteiger partial charge in [0.1, 0.15) is 0 Å². The van der Waals surface area contributed by atoms with Gasteiger partial charge < -0.3 is 5.32 Å². The predicted octanol–water partition coefficient (Wildman–Crippen LogP) is 1.50. The minimum absolute atomic E-state index is 0.0433. The first-order valence-electron chi connectivity index (χ1n) is 9.24. The van der Waals surface area contributed by atoms with Crippen molar-refractivity contribution in [3.63, 3.8) is 0 Å². The van der Waals surface area contributed by atoms with E-state index in [0.29, 0.717) is 13.1 Å². The van der Waals surface area contributed by atoms with Crippen molar-refractivity contribution in [1.82, 2.24) is 9.62 Å². The summed E-state index contributed by atoms with van der Waals surface area (Å²) >= 11 is 0. The highest BCUT2D eigenvalue weighted by atomic mass is 32.2. The molecule has 5 nitrogen and oxygen atoms in total. The average Bonchev–Trinajstić information content (AvgIpc) is 3.17. The lowest BCUT2D eigenvalue weighted by molar-refractivity contribution is -0.134. The van der Waals surface area contributed by atoms with E-state index < -0.39 is 10.0 Å². The molecule has 0 aromatic carbocycles. The van der Waals surface area contributed by atoms with E-state index in [4.69, 9.17) is 0 Å². The maximum Gasteiger partial charge on any atom is 0.226 e. The number of nitrogens with zero attached hydrogens (tertiary/aromatic N) is 1. The molecule has 5 aliphatic carbocycles. The average molecular weight is 338 g/mol. The van der Waals surface area contributed by atoms with E-state index >= 15 is 0 Å². The number of carbonyl (C=O) groups is 1. The molecule has 6 heteroatoms. The van der Waals surface area contributed by atoms with Crippen LogP contribution < -0.4 is 5.32 Å². The Morgan fingerprint density at radius 2 is 1.48 bits per heavy atom. The zero-order valence-corrected chi connectivity index (χ0v) is 14.4. The summed E-state index contributed by atoms with van der Waals surface area (Å²) in [6.07, 6.45) is 9.15. The summed E-state index contributed by atoms with van der Waals surface area (Å²) in [7, 11) is -3.10. The fourth-order valence-electron chi connectivity index (χ4n) is 6.02. The summed E-state index contributed by atoms with van der Waals surface area (Å²) in [5.41, 5.74) is 0.0433. The van der Waals surface area contributed by atoms with Crippen molar-refractivity contribution in [2.24, 2.45) is 23.7 Å². The highest BCUT2D eigenvalue weighted by Crippen LogP contribution is 2.55. The van der Waals surface area contributed by atoms with Crippen LogP contribution in [0.5, 0.6) is 0 Å². The molecule has 1 N–H and O–H groups in total. The number of amides is 1. The quantitative estimate of drug-likeness (QED) is 0.845. The van der Waals surface area contributed by atoms with Crippen molar-refractivity contribution < 1.29 is 13.2 Å². The van der Waals surface area contributed by atoms with Crippen LogP contribution in [0.25, 0.3) is 0 Å². The van der Waals surface area contributed by atoms with Crippen LogP contribution in [0.2, 0.25) is 0 Å². The van der Waals surface area contributed by atoms with Gasteiger partial charge in [-0.05, 0) is 69.1 Å². The molecule has 0 aromatic heterocycles. The Bertz CT molecular complexity index is 599. The molecule has 1 saturated heterocycles. The number of nitrogens with one attached hydrogen (secondary N) is 1. The molecule has 23 heavy (non-hydrogen) atoms. The van der Waals surface area contributed by atoms with E-state index in [1.54, 1.807) is 0 Å². The minimum atomic E-state index is -3.10. The molecule has 0 atom stereocenters. The van der Waals surface area contributed by atoms with Gasteiger partial charge in [0.05, 0.1) is 11.2 Å². The maximum absolute atomic E-state index is 12.6. The molecule has 5 saturated carbocycles. The van der Waals surface area contributed by atoms with Gasteiger partial charge in [-0.2, -0.15) is 4.31 Å². The van der Waals surface area contributed by atoms with E-state index in [9.17, 15) is 13.2 Å². The summed E-state index contributed by atoms with van der Waals surface area (Å²) in [5, 5.41) is 3.23. The fourth-order valence-corrected chi connectivity index (χ4v) is 7.94. The highest BCUT2D eigenvalue weighted by molar-refractivity contribution is 7.90. The van der Waals surface area contributed by atoms with Crippen LogP contribution in [-0.4, -0.2) is 42.5 Å². The molecule has 0 unspecified atom stereocenters. The van der Waals surface area contributed by atoms with Crippen LogP contribution in [-0.2, 0) is 14.8 Å². The molecular weight excluding hydrogens is 312 g/mol. The second kappa shape index (κ2) is 4.72. The monoisotopic (exact) mass is 338 g/mol. The molecule has 0 spiro atoms. The molecule has 128 valence electrons. The highest BCUT2D eigenvalue weighted by Gasteiger charge is 2.53. The Morgan fingerprint density at radius 3 is 1.96 bits per heavy atom. The zero-order valence-electron chi connectivity index (χ0n) is 13.5. The lowest BCUT2D eigenvalue weighted by atomic mass is 9.53. The van der Waals surface area contributed by atoms with Gasteiger partial charge in [-0.3, -0.25) is 4.79 Å². The minimum Gasteiger partial charge on any atom is -0.350 e. The Morgan fingerprint density at radius 1 is 0.957 bits per heavy atom. The van der Waals surface area contributed by atoms with Gasteiger partial charge in [-0.15, -0.1) is 0 Å². The smallest absolute Gasteiger partial charge is 0.226 e. The Balaban J connectivity index is 1.22. The van der Waals surface area contributed by atoms with Crippen LogP contribution in [0.15, 0.2) is 0 Å². The zero-order chi connectivity index (χ0) is 15.8. The summed E-state index contributed by atoms with van der Waals surface area (Å²) in [6, 6.07) is 0. The second-order valence-corrected chi connectivity index (χ2v) is 11.2. The largest absolute Gasteiger partial charge is 0.350 e. The third-order valence-corrected chi connectivity index (χ3v) is 9.28. The van der Waals surface area contributed by atoms with Crippen LogP contribution in [0.3, 0.4) is 0 Å². The first kappa shape index (κ1) is 14.7. The van der Waals surface area contributed by atoms with Gasteiger partial charge in [-0.25, -0.2) is 8.42 Å². The molecule has 6 fully saturated rings. The van der Waals surface area contributed by atoms with Gasteiger partial charge in [0.2, 0.25) is 15.9 Å². The van der Waals surface area contributed by atoms with Gasteiger partial charge in [-0.1, -0.05) is 0 Å². The summed E-state index contributed by atoms with van der Waals surface area (Å²) in [4.78, 5) is 12.6. The molecule has 6 aliphatic rings. The van der Waals surface area contributed by atoms with Crippen molar-refractivity contribution in [3.8, 4) is 0 Å². The lowest BCUT2D eigenvalue weighted by Crippen LogP contribution is -2.64. The van der Waals surface area contributed by atoms with E-state index in [-0.39, 0.29) is 22.6 Å². The summed E-state index contributed by atoms with van der Waals surface area (Å²) in [6.45, 7) is 0.800. The topological polar surface area (TPSA) is 66.5 Å². The molecule has 6 rings (SSSR count). The van der Waals surface area contributed by atoms with Crippen LogP contribution in [0.1, 0.15) is 51.4 Å². The maximum atomic E-state index is 12.6. The van der Waals surface area contributed by atoms with Gasteiger partial charge in [0.25, 0.3) is 0 Å². The SMILES string of the molecule is O=C(NC12CC3CC(CC(C3)C1)C2)C1CN(S(=O)(=O)C2CC2)C1.